The van der Waals surface area contributed by atoms with Crippen LogP contribution in [0.3, 0.4) is 0 Å². The van der Waals surface area contributed by atoms with Crippen LogP contribution in [0.5, 0.6) is 5.75 Å². The van der Waals surface area contributed by atoms with Gasteiger partial charge in [0.1, 0.15) is 5.75 Å². The van der Waals surface area contributed by atoms with Crippen molar-refractivity contribution in [3.8, 4) is 5.75 Å². The molecule has 2 atom stereocenters. The zero-order valence-corrected chi connectivity index (χ0v) is 18.2. The standard InChI is InChI=1S/C21H30N2O6S/c1-27-18-6-8-19(9-7-18)30(25,26)23-11-3-4-16(15-23)20(24)22-10-2-5-17(14-22)21-28-12-13-29-21/h6-9,16-17,21H,2-5,10-15H2,1H3. The van der Waals surface area contributed by atoms with Gasteiger partial charge in [-0.15, -0.1) is 0 Å². The molecule has 3 aliphatic rings. The summed E-state index contributed by atoms with van der Waals surface area (Å²) in [6, 6.07) is 6.38. The van der Waals surface area contributed by atoms with Crippen LogP contribution in [0.25, 0.3) is 0 Å². The number of sulfonamides is 1. The molecule has 3 heterocycles. The third-order valence-corrected chi connectivity index (χ3v) is 8.11. The van der Waals surface area contributed by atoms with Gasteiger partial charge in [-0.1, -0.05) is 0 Å². The first-order chi connectivity index (χ1) is 14.5. The molecule has 0 radical (unpaired) electrons. The summed E-state index contributed by atoms with van der Waals surface area (Å²) in [5.74, 6) is 0.534. The van der Waals surface area contributed by atoms with Crippen LogP contribution in [0.4, 0.5) is 0 Å². The summed E-state index contributed by atoms with van der Waals surface area (Å²) < 4.78 is 44.0. The Morgan fingerprint density at radius 2 is 1.73 bits per heavy atom. The van der Waals surface area contributed by atoms with E-state index in [-0.39, 0.29) is 35.5 Å². The van der Waals surface area contributed by atoms with Gasteiger partial charge in [-0.3, -0.25) is 4.79 Å². The van der Waals surface area contributed by atoms with Crippen molar-refractivity contribution in [3.63, 3.8) is 0 Å². The molecule has 30 heavy (non-hydrogen) atoms. The molecule has 8 nitrogen and oxygen atoms in total. The Morgan fingerprint density at radius 1 is 1.03 bits per heavy atom. The summed E-state index contributed by atoms with van der Waals surface area (Å²) in [4.78, 5) is 15.3. The number of carbonyl (C=O) groups excluding carboxylic acids is 1. The van der Waals surface area contributed by atoms with E-state index in [0.717, 1.165) is 12.8 Å². The number of hydrogen-bond acceptors (Lipinski definition) is 6. The number of benzene rings is 1. The first kappa shape index (κ1) is 21.5. The van der Waals surface area contributed by atoms with Crippen molar-refractivity contribution in [2.45, 2.75) is 36.9 Å². The van der Waals surface area contributed by atoms with Crippen LogP contribution in [0, 0.1) is 11.8 Å². The van der Waals surface area contributed by atoms with E-state index in [1.165, 1.54) is 4.31 Å². The lowest BCUT2D eigenvalue weighted by Gasteiger charge is -2.38. The molecule has 1 amide bonds. The molecule has 1 aromatic carbocycles. The summed E-state index contributed by atoms with van der Waals surface area (Å²) in [5.41, 5.74) is 0. The number of methoxy groups -OCH3 is 1. The fraction of sp³-hybridized carbons (Fsp3) is 0.667. The summed E-state index contributed by atoms with van der Waals surface area (Å²) >= 11 is 0. The van der Waals surface area contributed by atoms with Gasteiger partial charge in [-0.05, 0) is 49.9 Å². The molecule has 0 spiro atoms. The molecule has 1 aromatic rings. The van der Waals surface area contributed by atoms with Gasteiger partial charge < -0.3 is 19.1 Å². The second kappa shape index (κ2) is 9.21. The van der Waals surface area contributed by atoms with Gasteiger partial charge in [0.15, 0.2) is 6.29 Å². The van der Waals surface area contributed by atoms with Crippen molar-refractivity contribution < 1.29 is 27.4 Å². The van der Waals surface area contributed by atoms with Crippen molar-refractivity contribution in [2.75, 3.05) is 46.5 Å². The fourth-order valence-electron chi connectivity index (χ4n) is 4.60. The highest BCUT2D eigenvalue weighted by molar-refractivity contribution is 7.89. The minimum absolute atomic E-state index is 0.0485. The van der Waals surface area contributed by atoms with Crippen molar-refractivity contribution in [1.29, 1.82) is 0 Å². The maximum absolute atomic E-state index is 13.2. The van der Waals surface area contributed by atoms with E-state index in [0.29, 0.717) is 51.4 Å². The van der Waals surface area contributed by atoms with E-state index in [9.17, 15) is 13.2 Å². The number of rotatable bonds is 5. The summed E-state index contributed by atoms with van der Waals surface area (Å²) in [5, 5.41) is 0. The van der Waals surface area contributed by atoms with Gasteiger partial charge in [0.2, 0.25) is 15.9 Å². The highest BCUT2D eigenvalue weighted by Gasteiger charge is 2.38. The lowest BCUT2D eigenvalue weighted by molar-refractivity contribution is -0.144. The molecule has 0 saturated carbocycles. The number of likely N-dealkylation sites (tertiary alicyclic amines) is 1. The molecule has 9 heteroatoms. The Bertz CT molecular complexity index is 838. The van der Waals surface area contributed by atoms with E-state index < -0.39 is 10.0 Å². The number of piperidine rings is 2. The largest absolute Gasteiger partial charge is 0.497 e. The molecule has 3 saturated heterocycles. The number of amides is 1. The van der Waals surface area contributed by atoms with Crippen LogP contribution >= 0.6 is 0 Å². The molecular formula is C21H30N2O6S. The third kappa shape index (κ3) is 4.49. The second-order valence-electron chi connectivity index (χ2n) is 8.17. The second-order valence-corrected chi connectivity index (χ2v) is 10.1. The number of hydrogen-bond donors (Lipinski definition) is 0. The maximum Gasteiger partial charge on any atom is 0.243 e. The van der Waals surface area contributed by atoms with Gasteiger partial charge in [-0.25, -0.2) is 8.42 Å². The normalized spacial score (nSPS) is 26.6. The SMILES string of the molecule is COc1ccc(S(=O)(=O)N2CCCC(C(=O)N3CCCC(C4OCCO4)C3)C2)cc1. The maximum atomic E-state index is 13.2. The van der Waals surface area contributed by atoms with Crippen LogP contribution in [0.1, 0.15) is 25.7 Å². The third-order valence-electron chi connectivity index (χ3n) is 6.23. The smallest absolute Gasteiger partial charge is 0.243 e. The van der Waals surface area contributed by atoms with Gasteiger partial charge >= 0.3 is 0 Å². The molecule has 166 valence electrons. The minimum atomic E-state index is -3.64. The van der Waals surface area contributed by atoms with Crippen molar-refractivity contribution in [3.05, 3.63) is 24.3 Å². The molecular weight excluding hydrogens is 408 g/mol. The lowest BCUT2D eigenvalue weighted by atomic mass is 9.93. The van der Waals surface area contributed by atoms with Gasteiger partial charge in [0.25, 0.3) is 0 Å². The van der Waals surface area contributed by atoms with Crippen molar-refractivity contribution >= 4 is 15.9 Å². The van der Waals surface area contributed by atoms with E-state index >= 15 is 0 Å². The number of nitrogens with zero attached hydrogens (tertiary/aromatic N) is 2. The highest BCUT2D eigenvalue weighted by atomic mass is 32.2. The minimum Gasteiger partial charge on any atom is -0.497 e. The van der Waals surface area contributed by atoms with Crippen LogP contribution in [-0.2, 0) is 24.3 Å². The molecule has 3 aliphatic heterocycles. The Kier molecular flexibility index (Phi) is 6.62. The molecule has 4 rings (SSSR count). The number of ether oxygens (including phenoxy) is 3. The predicted octanol–water partition coefficient (Wildman–Crippen LogP) is 1.71. The van der Waals surface area contributed by atoms with Gasteiger partial charge in [-0.2, -0.15) is 4.31 Å². The van der Waals surface area contributed by atoms with Gasteiger partial charge in [0.05, 0.1) is 31.1 Å². The van der Waals surface area contributed by atoms with E-state index in [2.05, 4.69) is 0 Å². The topological polar surface area (TPSA) is 85.4 Å². The molecule has 0 N–H and O–H groups in total. The highest BCUT2D eigenvalue weighted by Crippen LogP contribution is 2.29. The average molecular weight is 439 g/mol. The van der Waals surface area contributed by atoms with Crippen LogP contribution in [0.15, 0.2) is 29.2 Å². The molecule has 0 aliphatic carbocycles. The van der Waals surface area contributed by atoms with E-state index in [1.807, 2.05) is 4.90 Å². The zero-order valence-electron chi connectivity index (χ0n) is 17.4. The van der Waals surface area contributed by atoms with Gasteiger partial charge in [0, 0.05) is 32.1 Å². The van der Waals surface area contributed by atoms with E-state index in [4.69, 9.17) is 14.2 Å². The van der Waals surface area contributed by atoms with Crippen LogP contribution in [-0.4, -0.2) is 76.3 Å². The molecule has 0 bridgehead atoms. The average Bonchev–Trinajstić information content (AvgIpc) is 3.34. The van der Waals surface area contributed by atoms with Crippen molar-refractivity contribution in [1.82, 2.24) is 9.21 Å². The molecule has 3 fully saturated rings. The first-order valence-corrected chi connectivity index (χ1v) is 12.1. The Morgan fingerprint density at radius 3 is 2.43 bits per heavy atom. The summed E-state index contributed by atoms with van der Waals surface area (Å²) in [6.45, 7) is 3.20. The lowest BCUT2D eigenvalue weighted by Crippen LogP contribution is -2.50. The molecule has 0 aromatic heterocycles. The van der Waals surface area contributed by atoms with Crippen LogP contribution in [0.2, 0.25) is 0 Å². The van der Waals surface area contributed by atoms with E-state index in [1.54, 1.807) is 31.4 Å². The molecule has 2 unspecified atom stereocenters. The Hall–Kier alpha value is -1.68. The summed E-state index contributed by atoms with van der Waals surface area (Å²) in [6.07, 6.45) is 3.07. The fourth-order valence-corrected chi connectivity index (χ4v) is 6.12. The Balaban J connectivity index is 1.41. The van der Waals surface area contributed by atoms with Crippen LogP contribution < -0.4 is 4.74 Å². The zero-order chi connectivity index (χ0) is 21.1. The predicted molar refractivity (Wildman–Crippen MR) is 109 cm³/mol. The number of carbonyl (C=O) groups is 1. The quantitative estimate of drug-likeness (QED) is 0.696. The summed E-state index contributed by atoms with van der Waals surface area (Å²) in [7, 11) is -2.10. The first-order valence-electron chi connectivity index (χ1n) is 10.7. The Labute approximate surface area is 178 Å². The monoisotopic (exact) mass is 438 g/mol. The van der Waals surface area contributed by atoms with Crippen molar-refractivity contribution in [2.24, 2.45) is 11.8 Å².